The zero-order valence-electron chi connectivity index (χ0n) is 7.64. The molecular weight excluding hydrogens is 191 g/mol. The van der Waals surface area contributed by atoms with E-state index < -0.39 is 11.2 Å². The summed E-state index contributed by atoms with van der Waals surface area (Å²) in [7, 11) is 0. The van der Waals surface area contributed by atoms with Crippen molar-refractivity contribution in [3.8, 4) is 0 Å². The Balaban J connectivity index is 3.10. The Bertz CT molecular complexity index is 310. The molecule has 1 aromatic rings. The summed E-state index contributed by atoms with van der Waals surface area (Å²) in [5.74, 6) is -0.444. The molecule has 0 spiro atoms. The molecule has 0 saturated heterocycles. The second-order valence-corrected chi connectivity index (χ2v) is 4.08. The van der Waals surface area contributed by atoms with E-state index in [0.29, 0.717) is 0 Å². The minimum atomic E-state index is -0.444. The molecule has 1 aromatic carbocycles. The molecule has 0 saturated carbocycles. The van der Waals surface area contributed by atoms with Gasteiger partial charge in [-0.05, 0) is 17.7 Å². The summed E-state index contributed by atoms with van der Waals surface area (Å²) in [4.78, 5) is 0. The third-order valence-corrected chi connectivity index (χ3v) is 2.40. The van der Waals surface area contributed by atoms with E-state index >= 15 is 0 Å². The second kappa shape index (κ2) is 3.64. The molecule has 72 valence electrons. The van der Waals surface area contributed by atoms with Gasteiger partial charge in [0.15, 0.2) is 0 Å². The first-order valence-corrected chi connectivity index (χ1v) is 4.41. The van der Waals surface area contributed by atoms with Crippen molar-refractivity contribution < 1.29 is 9.50 Å². The van der Waals surface area contributed by atoms with Crippen LogP contribution in [-0.4, -0.2) is 11.7 Å². The van der Waals surface area contributed by atoms with Gasteiger partial charge in [0.25, 0.3) is 0 Å². The molecule has 0 atom stereocenters. The van der Waals surface area contributed by atoms with Crippen molar-refractivity contribution >= 4 is 11.6 Å². The third kappa shape index (κ3) is 2.20. The molecule has 3 heteroatoms. The highest BCUT2D eigenvalue weighted by atomic mass is 35.5. The smallest absolute Gasteiger partial charge is 0.142 e. The largest absolute Gasteiger partial charge is 0.395 e. The number of hydrogen-bond donors (Lipinski definition) is 1. The minimum absolute atomic E-state index is 0.0198. The molecule has 0 amide bonds. The second-order valence-electron chi connectivity index (χ2n) is 3.67. The van der Waals surface area contributed by atoms with E-state index in [9.17, 15) is 4.39 Å². The fourth-order valence-corrected chi connectivity index (χ4v) is 1.13. The van der Waals surface area contributed by atoms with Crippen molar-refractivity contribution in [3.05, 3.63) is 34.6 Å². The lowest BCUT2D eigenvalue weighted by Gasteiger charge is -2.22. The van der Waals surface area contributed by atoms with Crippen LogP contribution in [-0.2, 0) is 5.41 Å². The topological polar surface area (TPSA) is 20.2 Å². The Morgan fingerprint density at radius 1 is 1.46 bits per heavy atom. The van der Waals surface area contributed by atoms with Gasteiger partial charge in [-0.3, -0.25) is 0 Å². The molecule has 0 heterocycles. The number of rotatable bonds is 2. The highest BCUT2D eigenvalue weighted by molar-refractivity contribution is 6.30. The Labute approximate surface area is 82.2 Å². The first-order chi connectivity index (χ1) is 5.97. The molecule has 1 rings (SSSR count). The normalized spacial score (nSPS) is 11.8. The SMILES string of the molecule is CC(C)(CO)c1ccc(Cl)c(F)c1. The van der Waals surface area contributed by atoms with Crippen LogP contribution in [0.15, 0.2) is 18.2 Å². The average molecular weight is 203 g/mol. The van der Waals surface area contributed by atoms with Crippen molar-refractivity contribution in [1.29, 1.82) is 0 Å². The summed E-state index contributed by atoms with van der Waals surface area (Å²) < 4.78 is 13.0. The molecule has 0 aromatic heterocycles. The zero-order valence-corrected chi connectivity index (χ0v) is 8.40. The maximum atomic E-state index is 13.0. The Hall–Kier alpha value is -0.600. The number of aliphatic hydroxyl groups is 1. The van der Waals surface area contributed by atoms with E-state index in [4.69, 9.17) is 16.7 Å². The summed E-state index contributed by atoms with van der Waals surface area (Å²) in [6.07, 6.45) is 0. The van der Waals surface area contributed by atoms with Crippen LogP contribution in [0.1, 0.15) is 19.4 Å². The molecule has 0 unspecified atom stereocenters. The lowest BCUT2D eigenvalue weighted by Crippen LogP contribution is -2.22. The summed E-state index contributed by atoms with van der Waals surface area (Å²) >= 11 is 5.54. The highest BCUT2D eigenvalue weighted by Crippen LogP contribution is 2.25. The molecule has 13 heavy (non-hydrogen) atoms. The van der Waals surface area contributed by atoms with E-state index in [1.165, 1.54) is 12.1 Å². The maximum absolute atomic E-state index is 13.0. The molecule has 0 aliphatic rings. The summed E-state index contributed by atoms with van der Waals surface area (Å²) in [5, 5.41) is 9.16. The molecular formula is C10H12ClFO. The van der Waals surface area contributed by atoms with Gasteiger partial charge in [0.2, 0.25) is 0 Å². The van der Waals surface area contributed by atoms with Crippen LogP contribution in [0, 0.1) is 5.82 Å². The lowest BCUT2D eigenvalue weighted by atomic mass is 9.86. The van der Waals surface area contributed by atoms with Crippen molar-refractivity contribution in [2.24, 2.45) is 0 Å². The number of hydrogen-bond acceptors (Lipinski definition) is 1. The molecule has 0 aliphatic heterocycles. The van der Waals surface area contributed by atoms with Gasteiger partial charge < -0.3 is 5.11 Å². The Morgan fingerprint density at radius 2 is 2.08 bits per heavy atom. The summed E-state index contributed by atoms with van der Waals surface area (Å²) in [5.41, 5.74) is 0.322. The van der Waals surface area contributed by atoms with Gasteiger partial charge in [-0.1, -0.05) is 31.5 Å². The van der Waals surface area contributed by atoms with E-state index in [1.54, 1.807) is 6.07 Å². The van der Waals surface area contributed by atoms with Gasteiger partial charge in [0, 0.05) is 5.41 Å². The van der Waals surface area contributed by atoms with Crippen LogP contribution in [0.3, 0.4) is 0 Å². The van der Waals surface area contributed by atoms with E-state index in [2.05, 4.69) is 0 Å². The molecule has 1 N–H and O–H groups in total. The number of aliphatic hydroxyl groups excluding tert-OH is 1. The fraction of sp³-hybridized carbons (Fsp3) is 0.400. The highest BCUT2D eigenvalue weighted by Gasteiger charge is 2.20. The molecule has 0 aliphatic carbocycles. The van der Waals surface area contributed by atoms with Crippen molar-refractivity contribution in [2.75, 3.05) is 6.61 Å². The van der Waals surface area contributed by atoms with Crippen molar-refractivity contribution in [2.45, 2.75) is 19.3 Å². The van der Waals surface area contributed by atoms with E-state index in [0.717, 1.165) is 5.56 Å². The first kappa shape index (κ1) is 10.5. The zero-order chi connectivity index (χ0) is 10.1. The predicted octanol–water partition coefficient (Wildman–Crippen LogP) is 2.75. The van der Waals surface area contributed by atoms with Gasteiger partial charge in [0.05, 0.1) is 11.6 Å². The van der Waals surface area contributed by atoms with E-state index in [-0.39, 0.29) is 11.6 Å². The molecule has 0 fully saturated rings. The van der Waals surface area contributed by atoms with Gasteiger partial charge in [-0.15, -0.1) is 0 Å². The third-order valence-electron chi connectivity index (χ3n) is 2.10. The summed E-state index contributed by atoms with van der Waals surface area (Å²) in [6, 6.07) is 4.59. The van der Waals surface area contributed by atoms with Crippen LogP contribution in [0.5, 0.6) is 0 Å². The molecule has 0 radical (unpaired) electrons. The first-order valence-electron chi connectivity index (χ1n) is 4.04. The van der Waals surface area contributed by atoms with Crippen LogP contribution < -0.4 is 0 Å². The Morgan fingerprint density at radius 3 is 2.54 bits per heavy atom. The van der Waals surface area contributed by atoms with E-state index in [1.807, 2.05) is 13.8 Å². The number of halogens is 2. The van der Waals surface area contributed by atoms with Gasteiger partial charge >= 0.3 is 0 Å². The minimum Gasteiger partial charge on any atom is -0.395 e. The standard InChI is InChI=1S/C10H12ClFO/c1-10(2,6-13)7-3-4-8(11)9(12)5-7/h3-5,13H,6H2,1-2H3. The lowest BCUT2D eigenvalue weighted by molar-refractivity contribution is 0.218. The monoisotopic (exact) mass is 202 g/mol. The van der Waals surface area contributed by atoms with Crippen LogP contribution >= 0.6 is 11.6 Å². The van der Waals surface area contributed by atoms with Crippen molar-refractivity contribution in [3.63, 3.8) is 0 Å². The Kier molecular flexibility index (Phi) is 2.94. The molecule has 0 bridgehead atoms. The molecule has 1 nitrogen and oxygen atoms in total. The van der Waals surface area contributed by atoms with Gasteiger partial charge in [-0.25, -0.2) is 4.39 Å². The van der Waals surface area contributed by atoms with Gasteiger partial charge in [-0.2, -0.15) is 0 Å². The maximum Gasteiger partial charge on any atom is 0.142 e. The fourth-order valence-electron chi connectivity index (χ4n) is 1.01. The van der Waals surface area contributed by atoms with Gasteiger partial charge in [0.1, 0.15) is 5.82 Å². The van der Waals surface area contributed by atoms with Crippen LogP contribution in [0.25, 0.3) is 0 Å². The quantitative estimate of drug-likeness (QED) is 0.782. The number of benzene rings is 1. The van der Waals surface area contributed by atoms with Crippen LogP contribution in [0.2, 0.25) is 5.02 Å². The van der Waals surface area contributed by atoms with Crippen LogP contribution in [0.4, 0.5) is 4.39 Å². The van der Waals surface area contributed by atoms with Crippen molar-refractivity contribution in [1.82, 2.24) is 0 Å². The predicted molar refractivity (Wildman–Crippen MR) is 51.5 cm³/mol. The summed E-state index contributed by atoms with van der Waals surface area (Å²) in [6.45, 7) is 3.67. The average Bonchev–Trinajstić information content (AvgIpc) is 2.09.